The Hall–Kier alpha value is -3.32. The molecule has 0 aliphatic heterocycles. The van der Waals surface area contributed by atoms with E-state index in [1.165, 1.54) is 6.33 Å². The number of hydrogen-bond donors (Lipinski definition) is 1. The minimum atomic E-state index is -0.134. The van der Waals surface area contributed by atoms with Crippen LogP contribution in [0.2, 0.25) is 0 Å². The van der Waals surface area contributed by atoms with Crippen LogP contribution in [0.4, 0.5) is 0 Å². The number of hydrogen-bond acceptors (Lipinski definition) is 5. The van der Waals surface area contributed by atoms with Gasteiger partial charge in [0.1, 0.15) is 6.33 Å². The van der Waals surface area contributed by atoms with Crippen molar-refractivity contribution in [2.45, 2.75) is 19.9 Å². The Kier molecular flexibility index (Phi) is 4.99. The molecule has 0 radical (unpaired) electrons. The molecule has 1 amide bonds. The number of aryl methyl sites for hydroxylation is 1. The van der Waals surface area contributed by atoms with Gasteiger partial charge in [-0.15, -0.1) is 16.4 Å². The molecule has 4 aromatic rings. The van der Waals surface area contributed by atoms with Gasteiger partial charge in [-0.1, -0.05) is 30.3 Å². The fourth-order valence-electron chi connectivity index (χ4n) is 3.10. The van der Waals surface area contributed by atoms with E-state index >= 15 is 0 Å². The van der Waals surface area contributed by atoms with E-state index in [-0.39, 0.29) is 11.9 Å². The Balaban J connectivity index is 1.74. The van der Waals surface area contributed by atoms with Crippen LogP contribution in [0.3, 0.4) is 0 Å². The topological polar surface area (TPSA) is 72.7 Å². The van der Waals surface area contributed by atoms with Crippen molar-refractivity contribution in [1.29, 1.82) is 0 Å². The number of nitrogens with zero attached hydrogens (tertiary/aromatic N) is 4. The lowest BCUT2D eigenvalue weighted by Crippen LogP contribution is -2.26. The normalized spacial score (nSPS) is 11.9. The molecule has 2 aromatic heterocycles. The molecule has 4 rings (SSSR count). The second-order valence-corrected chi connectivity index (χ2v) is 7.53. The van der Waals surface area contributed by atoms with Gasteiger partial charge in [0.25, 0.3) is 5.91 Å². The van der Waals surface area contributed by atoms with Crippen LogP contribution >= 0.6 is 11.3 Å². The predicted octanol–water partition coefficient (Wildman–Crippen LogP) is 4.19. The summed E-state index contributed by atoms with van der Waals surface area (Å²) >= 11 is 1.63. The van der Waals surface area contributed by atoms with Crippen molar-refractivity contribution in [2.24, 2.45) is 0 Å². The molecule has 2 aromatic carbocycles. The lowest BCUT2D eigenvalue weighted by atomic mass is 9.98. The standard InChI is InChI=1S/C21H19N5OS/c1-14-6-3-4-7-19(14)16-10-17(12-18(11-16)26-13-22-24-25-26)21(27)23-15(2)20-8-5-9-28-20/h3-13,15H,1-2H3,(H,23,27). The minimum Gasteiger partial charge on any atom is -0.345 e. The van der Waals surface area contributed by atoms with Gasteiger partial charge in [0.2, 0.25) is 0 Å². The maximum absolute atomic E-state index is 13.0. The Labute approximate surface area is 166 Å². The first kappa shape index (κ1) is 18.1. The summed E-state index contributed by atoms with van der Waals surface area (Å²) in [6.45, 7) is 4.04. The van der Waals surface area contributed by atoms with Gasteiger partial charge in [-0.3, -0.25) is 4.79 Å². The zero-order valence-corrected chi connectivity index (χ0v) is 16.4. The molecule has 0 bridgehead atoms. The van der Waals surface area contributed by atoms with E-state index in [1.807, 2.05) is 54.8 Å². The Morgan fingerprint density at radius 1 is 1.14 bits per heavy atom. The van der Waals surface area contributed by atoms with Crippen molar-refractivity contribution < 1.29 is 4.79 Å². The molecule has 28 heavy (non-hydrogen) atoms. The summed E-state index contributed by atoms with van der Waals surface area (Å²) < 4.78 is 1.56. The first-order chi connectivity index (χ1) is 13.6. The summed E-state index contributed by atoms with van der Waals surface area (Å²) in [6, 6.07) is 17.7. The number of amides is 1. The van der Waals surface area contributed by atoms with E-state index in [0.29, 0.717) is 5.56 Å². The third-order valence-electron chi connectivity index (χ3n) is 4.57. The van der Waals surface area contributed by atoms with Gasteiger partial charge in [-0.2, -0.15) is 0 Å². The highest BCUT2D eigenvalue weighted by Gasteiger charge is 2.15. The Bertz CT molecular complexity index is 1090. The summed E-state index contributed by atoms with van der Waals surface area (Å²) in [4.78, 5) is 14.1. The summed E-state index contributed by atoms with van der Waals surface area (Å²) in [6.07, 6.45) is 1.52. The zero-order valence-electron chi connectivity index (χ0n) is 15.5. The molecule has 0 saturated heterocycles. The zero-order chi connectivity index (χ0) is 19.5. The maximum Gasteiger partial charge on any atom is 0.251 e. The van der Waals surface area contributed by atoms with Gasteiger partial charge in [0.15, 0.2) is 0 Å². The molecule has 7 heteroatoms. The molecule has 0 aliphatic carbocycles. The third-order valence-corrected chi connectivity index (χ3v) is 5.62. The van der Waals surface area contributed by atoms with Gasteiger partial charge in [-0.25, -0.2) is 4.68 Å². The van der Waals surface area contributed by atoms with E-state index in [0.717, 1.165) is 27.3 Å². The van der Waals surface area contributed by atoms with E-state index in [9.17, 15) is 4.79 Å². The van der Waals surface area contributed by atoms with Gasteiger partial charge >= 0.3 is 0 Å². The molecule has 1 atom stereocenters. The van der Waals surface area contributed by atoms with Gasteiger partial charge in [0, 0.05) is 10.4 Å². The highest BCUT2D eigenvalue weighted by Crippen LogP contribution is 2.27. The predicted molar refractivity (Wildman–Crippen MR) is 110 cm³/mol. The van der Waals surface area contributed by atoms with Crippen molar-refractivity contribution in [2.75, 3.05) is 0 Å². The molecular formula is C21H19N5OS. The third kappa shape index (κ3) is 3.70. The molecule has 6 nitrogen and oxygen atoms in total. The number of rotatable bonds is 5. The summed E-state index contributed by atoms with van der Waals surface area (Å²) in [5.41, 5.74) is 4.45. The van der Waals surface area contributed by atoms with Crippen LogP contribution in [0.25, 0.3) is 16.8 Å². The van der Waals surface area contributed by atoms with Gasteiger partial charge in [-0.05, 0) is 70.6 Å². The van der Waals surface area contributed by atoms with E-state index in [2.05, 4.69) is 33.8 Å². The Morgan fingerprint density at radius 3 is 2.71 bits per heavy atom. The fourth-order valence-corrected chi connectivity index (χ4v) is 3.83. The van der Waals surface area contributed by atoms with Crippen LogP contribution < -0.4 is 5.32 Å². The number of thiophene rings is 1. The lowest BCUT2D eigenvalue weighted by molar-refractivity contribution is 0.0940. The number of carbonyl (C=O) groups is 1. The molecule has 2 heterocycles. The van der Waals surface area contributed by atoms with Crippen LogP contribution in [0.1, 0.15) is 33.8 Å². The number of benzene rings is 2. The number of carbonyl (C=O) groups excluding carboxylic acids is 1. The highest BCUT2D eigenvalue weighted by atomic mass is 32.1. The largest absolute Gasteiger partial charge is 0.345 e. The van der Waals surface area contributed by atoms with Crippen LogP contribution in [-0.2, 0) is 0 Å². The van der Waals surface area contributed by atoms with Crippen molar-refractivity contribution in [3.63, 3.8) is 0 Å². The average Bonchev–Trinajstić information content (AvgIpc) is 3.42. The van der Waals surface area contributed by atoms with Crippen LogP contribution in [0.5, 0.6) is 0 Å². The molecule has 1 N–H and O–H groups in total. The number of aromatic nitrogens is 4. The maximum atomic E-state index is 13.0. The quantitative estimate of drug-likeness (QED) is 0.555. The summed E-state index contributed by atoms with van der Waals surface area (Å²) in [7, 11) is 0. The molecule has 0 fully saturated rings. The van der Waals surface area contributed by atoms with Crippen molar-refractivity contribution >= 4 is 17.2 Å². The van der Waals surface area contributed by atoms with Crippen LogP contribution in [0, 0.1) is 6.92 Å². The fraction of sp³-hybridized carbons (Fsp3) is 0.143. The second-order valence-electron chi connectivity index (χ2n) is 6.55. The average molecular weight is 389 g/mol. The summed E-state index contributed by atoms with van der Waals surface area (Å²) in [5, 5.41) is 16.5. The van der Waals surface area contributed by atoms with Gasteiger partial charge in [0.05, 0.1) is 11.7 Å². The highest BCUT2D eigenvalue weighted by molar-refractivity contribution is 7.10. The smallest absolute Gasteiger partial charge is 0.251 e. The van der Waals surface area contributed by atoms with E-state index < -0.39 is 0 Å². The first-order valence-corrected chi connectivity index (χ1v) is 9.78. The van der Waals surface area contributed by atoms with Crippen molar-refractivity contribution in [1.82, 2.24) is 25.5 Å². The molecule has 140 valence electrons. The summed E-state index contributed by atoms with van der Waals surface area (Å²) in [5.74, 6) is -0.134. The first-order valence-electron chi connectivity index (χ1n) is 8.90. The monoisotopic (exact) mass is 389 g/mol. The van der Waals surface area contributed by atoms with Crippen molar-refractivity contribution in [3.8, 4) is 16.8 Å². The van der Waals surface area contributed by atoms with Crippen LogP contribution in [-0.4, -0.2) is 26.1 Å². The van der Waals surface area contributed by atoms with Crippen LogP contribution in [0.15, 0.2) is 66.3 Å². The molecular weight excluding hydrogens is 370 g/mol. The molecule has 0 saturated carbocycles. The van der Waals surface area contributed by atoms with Gasteiger partial charge < -0.3 is 5.32 Å². The molecule has 0 aliphatic rings. The number of tetrazole rings is 1. The molecule has 1 unspecified atom stereocenters. The van der Waals surface area contributed by atoms with Crippen molar-refractivity contribution in [3.05, 3.63) is 82.3 Å². The van der Waals surface area contributed by atoms with E-state index in [1.54, 1.807) is 22.1 Å². The number of nitrogens with one attached hydrogen (secondary N) is 1. The lowest BCUT2D eigenvalue weighted by Gasteiger charge is -2.15. The Morgan fingerprint density at radius 2 is 2.00 bits per heavy atom. The molecule has 0 spiro atoms. The SMILES string of the molecule is Cc1ccccc1-c1cc(C(=O)NC(C)c2cccs2)cc(-n2cnnn2)c1. The van der Waals surface area contributed by atoms with E-state index in [4.69, 9.17) is 0 Å². The minimum absolute atomic E-state index is 0.0638. The second kappa shape index (κ2) is 7.74.